The van der Waals surface area contributed by atoms with Crippen molar-refractivity contribution in [1.29, 1.82) is 0 Å². The quantitative estimate of drug-likeness (QED) is 0.674. The zero-order chi connectivity index (χ0) is 18.0. The van der Waals surface area contributed by atoms with Gasteiger partial charge in [-0.3, -0.25) is 9.59 Å². The highest BCUT2D eigenvalue weighted by Crippen LogP contribution is 2.51. The van der Waals surface area contributed by atoms with E-state index in [9.17, 15) is 14.7 Å². The third-order valence-corrected chi connectivity index (χ3v) is 5.82. The van der Waals surface area contributed by atoms with Gasteiger partial charge < -0.3 is 14.7 Å². The number of carbonyl (C=O) groups is 2. The van der Waals surface area contributed by atoms with E-state index in [4.69, 9.17) is 4.74 Å². The number of Topliss-reactive ketones (excluding diaryl/α,β-unsaturated/α-hetero) is 1. The molecule has 134 valence electrons. The molecule has 3 rings (SSSR count). The lowest BCUT2D eigenvalue weighted by Crippen LogP contribution is -2.61. The Labute approximate surface area is 148 Å². The summed E-state index contributed by atoms with van der Waals surface area (Å²) >= 11 is 0. The lowest BCUT2D eigenvalue weighted by molar-refractivity contribution is -0.149. The molecule has 2 fully saturated rings. The van der Waals surface area contributed by atoms with Crippen LogP contribution < -0.4 is 0 Å². The Balaban J connectivity index is 2.11. The van der Waals surface area contributed by atoms with E-state index >= 15 is 0 Å². The second-order valence-electron chi connectivity index (χ2n) is 7.00. The van der Waals surface area contributed by atoms with Gasteiger partial charge in [-0.05, 0) is 24.3 Å². The number of aliphatic hydroxyl groups is 1. The monoisotopic (exact) mass is 343 g/mol. The summed E-state index contributed by atoms with van der Waals surface area (Å²) in [6, 6.07) is 9.69. The molecule has 0 radical (unpaired) electrons. The second kappa shape index (κ2) is 7.00. The van der Waals surface area contributed by atoms with Crippen molar-refractivity contribution < 1.29 is 19.4 Å². The minimum atomic E-state index is -0.796. The van der Waals surface area contributed by atoms with E-state index in [1.165, 1.54) is 0 Å². The number of piperidine rings is 1. The average molecular weight is 343 g/mol. The standard InChI is InChI=1S/C20H25NO4/c1-14-17-8-9-21(10-11-25-2)19(24)20(17,12-15(13-22)18(14)23)16-6-4-3-5-7-16/h3-7,13-14,17,22H,8-12H2,1-2H3/t14-,17-,20?/m0/s1. The van der Waals surface area contributed by atoms with Crippen LogP contribution in [0.25, 0.3) is 0 Å². The molecular weight excluding hydrogens is 318 g/mol. The van der Waals surface area contributed by atoms with Gasteiger partial charge in [0.25, 0.3) is 0 Å². The van der Waals surface area contributed by atoms with Crippen LogP contribution in [0.3, 0.4) is 0 Å². The number of benzene rings is 1. The number of aliphatic hydroxyl groups excluding tert-OH is 1. The van der Waals surface area contributed by atoms with Crippen molar-refractivity contribution in [2.24, 2.45) is 11.8 Å². The number of fused-ring (bicyclic) bond motifs is 1. The number of ketones is 1. The zero-order valence-corrected chi connectivity index (χ0v) is 14.8. The van der Waals surface area contributed by atoms with Crippen molar-refractivity contribution in [2.45, 2.75) is 25.2 Å². The Bertz CT molecular complexity index is 684. The van der Waals surface area contributed by atoms with E-state index in [1.54, 1.807) is 7.11 Å². The molecule has 25 heavy (non-hydrogen) atoms. The van der Waals surface area contributed by atoms with E-state index in [1.807, 2.05) is 42.2 Å². The Morgan fingerprint density at radius 3 is 2.68 bits per heavy atom. The zero-order valence-electron chi connectivity index (χ0n) is 14.8. The first-order valence-electron chi connectivity index (χ1n) is 8.77. The van der Waals surface area contributed by atoms with Crippen LogP contribution in [0.2, 0.25) is 0 Å². The highest BCUT2D eigenvalue weighted by molar-refractivity contribution is 6.02. The highest BCUT2D eigenvalue weighted by atomic mass is 16.5. The first-order chi connectivity index (χ1) is 12.1. The number of rotatable bonds is 4. The van der Waals surface area contributed by atoms with Gasteiger partial charge >= 0.3 is 0 Å². The fraction of sp³-hybridized carbons (Fsp3) is 0.500. The van der Waals surface area contributed by atoms with E-state index in [0.717, 1.165) is 18.2 Å². The highest BCUT2D eigenvalue weighted by Gasteiger charge is 2.58. The number of nitrogens with zero attached hydrogens (tertiary/aromatic N) is 1. The summed E-state index contributed by atoms with van der Waals surface area (Å²) in [5, 5.41) is 9.60. The van der Waals surface area contributed by atoms with Gasteiger partial charge in [-0.25, -0.2) is 0 Å². The Kier molecular flexibility index (Phi) is 4.95. The average Bonchev–Trinajstić information content (AvgIpc) is 2.65. The molecule has 0 aromatic heterocycles. The summed E-state index contributed by atoms with van der Waals surface area (Å²) in [6.07, 6.45) is 1.92. The molecule has 1 aromatic rings. The molecule has 0 bridgehead atoms. The Morgan fingerprint density at radius 2 is 2.04 bits per heavy atom. The van der Waals surface area contributed by atoms with Gasteiger partial charge in [-0.1, -0.05) is 37.3 Å². The third kappa shape index (κ3) is 2.76. The minimum Gasteiger partial charge on any atom is -0.515 e. The topological polar surface area (TPSA) is 66.8 Å². The molecule has 1 aliphatic carbocycles. The number of ether oxygens (including phenoxy) is 1. The number of allylic oxidation sites excluding steroid dienone is 1. The SMILES string of the molecule is COCCN1CC[C@H]2[C@H](C)C(=O)C(=CO)CC2(c2ccccc2)C1=O. The van der Waals surface area contributed by atoms with Gasteiger partial charge in [-0.15, -0.1) is 0 Å². The molecule has 1 saturated carbocycles. The number of methoxy groups -OCH3 is 1. The number of amides is 1. The summed E-state index contributed by atoms with van der Waals surface area (Å²) < 4.78 is 5.15. The summed E-state index contributed by atoms with van der Waals surface area (Å²) in [4.78, 5) is 28.0. The molecule has 1 saturated heterocycles. The van der Waals surface area contributed by atoms with E-state index in [2.05, 4.69) is 0 Å². The Hall–Kier alpha value is -2.14. The summed E-state index contributed by atoms with van der Waals surface area (Å²) in [7, 11) is 1.62. The van der Waals surface area contributed by atoms with Gasteiger partial charge in [-0.2, -0.15) is 0 Å². The molecule has 1 heterocycles. The second-order valence-corrected chi connectivity index (χ2v) is 7.00. The molecule has 2 aliphatic rings. The number of likely N-dealkylation sites (tertiary alicyclic amines) is 1. The van der Waals surface area contributed by atoms with Crippen molar-refractivity contribution in [2.75, 3.05) is 26.8 Å². The molecule has 5 heteroatoms. The first kappa shape index (κ1) is 17.7. The van der Waals surface area contributed by atoms with Crippen LogP contribution >= 0.6 is 0 Å². The van der Waals surface area contributed by atoms with Crippen molar-refractivity contribution >= 4 is 11.7 Å². The van der Waals surface area contributed by atoms with Gasteiger partial charge in [0.2, 0.25) is 5.91 Å². The number of carbonyl (C=O) groups excluding carboxylic acids is 2. The largest absolute Gasteiger partial charge is 0.515 e. The molecule has 1 amide bonds. The van der Waals surface area contributed by atoms with Gasteiger partial charge in [0.05, 0.1) is 18.3 Å². The molecule has 5 nitrogen and oxygen atoms in total. The van der Waals surface area contributed by atoms with Gasteiger partial charge in [0, 0.05) is 31.7 Å². The first-order valence-corrected chi connectivity index (χ1v) is 8.77. The van der Waals surface area contributed by atoms with Crippen LogP contribution in [-0.2, 0) is 19.7 Å². The fourth-order valence-corrected chi connectivity index (χ4v) is 4.53. The van der Waals surface area contributed by atoms with Crippen LogP contribution in [-0.4, -0.2) is 48.5 Å². The van der Waals surface area contributed by atoms with Gasteiger partial charge in [0.15, 0.2) is 5.78 Å². The number of hydrogen-bond donors (Lipinski definition) is 1. The lowest BCUT2D eigenvalue weighted by atomic mass is 9.54. The number of hydrogen-bond acceptors (Lipinski definition) is 4. The maximum Gasteiger partial charge on any atom is 0.233 e. The van der Waals surface area contributed by atoms with Crippen LogP contribution in [0, 0.1) is 11.8 Å². The molecule has 0 spiro atoms. The molecule has 1 aliphatic heterocycles. The smallest absolute Gasteiger partial charge is 0.233 e. The third-order valence-electron chi connectivity index (χ3n) is 5.82. The van der Waals surface area contributed by atoms with Crippen molar-refractivity contribution in [1.82, 2.24) is 4.90 Å². The van der Waals surface area contributed by atoms with E-state index < -0.39 is 5.41 Å². The maximum atomic E-state index is 13.6. The lowest BCUT2D eigenvalue weighted by Gasteiger charge is -2.52. The minimum absolute atomic E-state index is 0.0331. The predicted molar refractivity (Wildman–Crippen MR) is 94.2 cm³/mol. The molecule has 1 aromatic carbocycles. The van der Waals surface area contributed by atoms with E-state index in [0.29, 0.717) is 25.3 Å². The van der Waals surface area contributed by atoms with E-state index in [-0.39, 0.29) is 29.9 Å². The molecular formula is C20H25NO4. The van der Waals surface area contributed by atoms with Crippen LogP contribution in [0.15, 0.2) is 42.2 Å². The Morgan fingerprint density at radius 1 is 1.32 bits per heavy atom. The van der Waals surface area contributed by atoms with Crippen molar-refractivity contribution in [3.8, 4) is 0 Å². The fourth-order valence-electron chi connectivity index (χ4n) is 4.53. The molecule has 1 N–H and O–H groups in total. The predicted octanol–water partition coefficient (Wildman–Crippen LogP) is 2.47. The van der Waals surface area contributed by atoms with Crippen LogP contribution in [0.4, 0.5) is 0 Å². The summed E-state index contributed by atoms with van der Waals surface area (Å²) in [5.41, 5.74) is 0.468. The van der Waals surface area contributed by atoms with Crippen molar-refractivity contribution in [3.05, 3.63) is 47.7 Å². The molecule has 1 unspecified atom stereocenters. The van der Waals surface area contributed by atoms with Crippen LogP contribution in [0.5, 0.6) is 0 Å². The van der Waals surface area contributed by atoms with Crippen molar-refractivity contribution in [3.63, 3.8) is 0 Å². The van der Waals surface area contributed by atoms with Crippen LogP contribution in [0.1, 0.15) is 25.3 Å². The molecule has 3 atom stereocenters. The summed E-state index contributed by atoms with van der Waals surface area (Å²) in [5.74, 6) is -0.360. The maximum absolute atomic E-state index is 13.6. The summed E-state index contributed by atoms with van der Waals surface area (Å²) in [6.45, 7) is 3.54. The normalized spacial score (nSPS) is 31.3. The van der Waals surface area contributed by atoms with Gasteiger partial charge in [0.1, 0.15) is 0 Å².